The molecule has 0 aliphatic carbocycles. The molecule has 0 bridgehead atoms. The van der Waals surface area contributed by atoms with Crippen molar-refractivity contribution in [2.75, 3.05) is 52.3 Å². The predicted octanol–water partition coefficient (Wildman–Crippen LogP) is 2.62. The summed E-state index contributed by atoms with van der Waals surface area (Å²) < 4.78 is 10.6. The van der Waals surface area contributed by atoms with Gasteiger partial charge >= 0.3 is 0 Å². The fraction of sp³-hybridized carbons (Fsp3) is 0.400. The van der Waals surface area contributed by atoms with Gasteiger partial charge < -0.3 is 24.6 Å². The van der Waals surface area contributed by atoms with Gasteiger partial charge in [-0.3, -0.25) is 4.79 Å². The monoisotopic (exact) mass is 370 g/mol. The van der Waals surface area contributed by atoms with Crippen molar-refractivity contribution >= 4 is 17.4 Å². The Kier molecular flexibility index (Phi) is 6.13. The van der Waals surface area contributed by atoms with E-state index < -0.39 is 0 Å². The summed E-state index contributed by atoms with van der Waals surface area (Å²) in [4.78, 5) is 21.3. The zero-order valence-corrected chi connectivity index (χ0v) is 16.1. The van der Waals surface area contributed by atoms with E-state index in [0.717, 1.165) is 44.2 Å². The molecule has 0 unspecified atom stereocenters. The third-order valence-corrected chi connectivity index (χ3v) is 4.79. The van der Waals surface area contributed by atoms with Crippen LogP contribution in [0, 0.1) is 0 Å². The number of amides is 1. The van der Waals surface area contributed by atoms with Crippen LogP contribution >= 0.6 is 0 Å². The first-order valence-corrected chi connectivity index (χ1v) is 9.11. The number of aromatic nitrogens is 1. The summed E-state index contributed by atoms with van der Waals surface area (Å²) in [6.45, 7) is 6.54. The van der Waals surface area contributed by atoms with Crippen molar-refractivity contribution in [2.45, 2.75) is 6.92 Å². The molecule has 0 atom stereocenters. The summed E-state index contributed by atoms with van der Waals surface area (Å²) >= 11 is 0. The predicted molar refractivity (Wildman–Crippen MR) is 105 cm³/mol. The number of ether oxygens (including phenoxy) is 2. The highest BCUT2D eigenvalue weighted by atomic mass is 16.5. The van der Waals surface area contributed by atoms with Crippen LogP contribution in [0.25, 0.3) is 0 Å². The molecule has 1 N–H and O–H groups in total. The lowest BCUT2D eigenvalue weighted by Crippen LogP contribution is -2.48. The molecular weight excluding hydrogens is 344 g/mol. The SMILES string of the molecule is CCN1CCN(C(=O)c2ccc(Nc3ccc(OC)cc3OC)nc2)CC1. The summed E-state index contributed by atoms with van der Waals surface area (Å²) in [6.07, 6.45) is 1.62. The quantitative estimate of drug-likeness (QED) is 0.843. The molecule has 1 amide bonds. The normalized spacial score (nSPS) is 14.7. The number of anilines is 2. The number of carbonyl (C=O) groups excluding carboxylic acids is 1. The molecule has 1 aromatic heterocycles. The Morgan fingerprint density at radius 2 is 1.89 bits per heavy atom. The van der Waals surface area contributed by atoms with Gasteiger partial charge in [-0.1, -0.05) is 6.92 Å². The molecular formula is C20H26N4O3. The van der Waals surface area contributed by atoms with Gasteiger partial charge in [0.25, 0.3) is 5.91 Å². The summed E-state index contributed by atoms with van der Waals surface area (Å²) in [6, 6.07) is 9.12. The number of nitrogens with zero attached hydrogens (tertiary/aromatic N) is 3. The van der Waals surface area contributed by atoms with E-state index in [0.29, 0.717) is 17.1 Å². The number of hydrogen-bond donors (Lipinski definition) is 1. The van der Waals surface area contributed by atoms with Gasteiger partial charge in [-0.05, 0) is 30.8 Å². The molecule has 1 aliphatic heterocycles. The number of benzene rings is 1. The number of rotatable bonds is 6. The van der Waals surface area contributed by atoms with Crippen LogP contribution in [0.1, 0.15) is 17.3 Å². The lowest BCUT2D eigenvalue weighted by molar-refractivity contribution is 0.0643. The fourth-order valence-corrected chi connectivity index (χ4v) is 3.08. The van der Waals surface area contributed by atoms with E-state index in [4.69, 9.17) is 9.47 Å². The maximum atomic E-state index is 12.6. The number of carbonyl (C=O) groups is 1. The van der Waals surface area contributed by atoms with Crippen molar-refractivity contribution in [2.24, 2.45) is 0 Å². The largest absolute Gasteiger partial charge is 0.497 e. The second-order valence-electron chi connectivity index (χ2n) is 6.35. The Bertz CT molecular complexity index is 771. The number of hydrogen-bond acceptors (Lipinski definition) is 6. The first kappa shape index (κ1) is 19.0. The Balaban J connectivity index is 1.66. The first-order valence-electron chi connectivity index (χ1n) is 9.11. The van der Waals surface area contributed by atoms with Crippen molar-refractivity contribution in [3.8, 4) is 11.5 Å². The molecule has 0 spiro atoms. The number of pyridine rings is 1. The summed E-state index contributed by atoms with van der Waals surface area (Å²) in [5.41, 5.74) is 1.38. The molecule has 1 aromatic carbocycles. The van der Waals surface area contributed by atoms with Gasteiger partial charge in [0.05, 0.1) is 25.5 Å². The van der Waals surface area contributed by atoms with E-state index in [1.165, 1.54) is 0 Å². The van der Waals surface area contributed by atoms with Crippen molar-refractivity contribution < 1.29 is 14.3 Å². The van der Waals surface area contributed by atoms with Crippen LogP contribution in [0.4, 0.5) is 11.5 Å². The summed E-state index contributed by atoms with van der Waals surface area (Å²) in [7, 11) is 3.22. The Hall–Kier alpha value is -2.80. The molecule has 0 radical (unpaired) electrons. The van der Waals surface area contributed by atoms with Gasteiger partial charge in [0.2, 0.25) is 0 Å². The van der Waals surface area contributed by atoms with Gasteiger partial charge in [-0.15, -0.1) is 0 Å². The van der Waals surface area contributed by atoms with E-state index in [2.05, 4.69) is 22.1 Å². The lowest BCUT2D eigenvalue weighted by atomic mass is 10.2. The minimum atomic E-state index is 0.0341. The van der Waals surface area contributed by atoms with Crippen LogP contribution in [-0.4, -0.2) is 67.6 Å². The van der Waals surface area contributed by atoms with Gasteiger partial charge in [0, 0.05) is 38.4 Å². The fourth-order valence-electron chi connectivity index (χ4n) is 3.08. The van der Waals surface area contributed by atoms with Crippen LogP contribution < -0.4 is 14.8 Å². The van der Waals surface area contributed by atoms with E-state index >= 15 is 0 Å². The summed E-state index contributed by atoms with van der Waals surface area (Å²) in [5, 5.41) is 3.21. The minimum Gasteiger partial charge on any atom is -0.497 e. The van der Waals surface area contributed by atoms with Crippen LogP contribution in [-0.2, 0) is 0 Å². The lowest BCUT2D eigenvalue weighted by Gasteiger charge is -2.34. The Labute approximate surface area is 159 Å². The highest BCUT2D eigenvalue weighted by Crippen LogP contribution is 2.31. The molecule has 3 rings (SSSR count). The van der Waals surface area contributed by atoms with Gasteiger partial charge in [-0.2, -0.15) is 0 Å². The number of likely N-dealkylation sites (N-methyl/N-ethyl adjacent to an activating group) is 1. The zero-order chi connectivity index (χ0) is 19.2. The molecule has 1 aliphatic rings. The molecule has 1 fully saturated rings. The van der Waals surface area contributed by atoms with Crippen LogP contribution in [0.3, 0.4) is 0 Å². The first-order chi connectivity index (χ1) is 13.1. The molecule has 1 saturated heterocycles. The Morgan fingerprint density at radius 3 is 2.48 bits per heavy atom. The smallest absolute Gasteiger partial charge is 0.255 e. The second kappa shape index (κ2) is 8.73. The van der Waals surface area contributed by atoms with Crippen LogP contribution in [0.15, 0.2) is 36.5 Å². The van der Waals surface area contributed by atoms with E-state index in [1.807, 2.05) is 17.0 Å². The Morgan fingerprint density at radius 1 is 1.11 bits per heavy atom. The topological polar surface area (TPSA) is 66.9 Å². The zero-order valence-electron chi connectivity index (χ0n) is 16.1. The molecule has 27 heavy (non-hydrogen) atoms. The van der Waals surface area contributed by atoms with Crippen molar-refractivity contribution in [1.29, 1.82) is 0 Å². The maximum Gasteiger partial charge on any atom is 0.255 e. The van der Waals surface area contributed by atoms with Gasteiger partial charge in [-0.25, -0.2) is 4.98 Å². The third-order valence-electron chi connectivity index (χ3n) is 4.79. The van der Waals surface area contributed by atoms with Gasteiger partial charge in [0.15, 0.2) is 0 Å². The molecule has 2 aromatic rings. The van der Waals surface area contributed by atoms with Crippen LogP contribution in [0.5, 0.6) is 11.5 Å². The molecule has 144 valence electrons. The minimum absolute atomic E-state index is 0.0341. The molecule has 7 nitrogen and oxygen atoms in total. The molecule has 7 heteroatoms. The van der Waals surface area contributed by atoms with E-state index in [1.54, 1.807) is 38.6 Å². The highest BCUT2D eigenvalue weighted by molar-refractivity contribution is 5.94. The van der Waals surface area contributed by atoms with Crippen molar-refractivity contribution in [3.05, 3.63) is 42.1 Å². The average Bonchev–Trinajstić information content (AvgIpc) is 2.74. The second-order valence-corrected chi connectivity index (χ2v) is 6.35. The van der Waals surface area contributed by atoms with E-state index in [-0.39, 0.29) is 5.91 Å². The third kappa shape index (κ3) is 4.49. The van der Waals surface area contributed by atoms with Gasteiger partial charge in [0.1, 0.15) is 17.3 Å². The highest BCUT2D eigenvalue weighted by Gasteiger charge is 2.21. The maximum absolute atomic E-state index is 12.6. The van der Waals surface area contributed by atoms with Crippen molar-refractivity contribution in [3.63, 3.8) is 0 Å². The number of methoxy groups -OCH3 is 2. The average molecular weight is 370 g/mol. The standard InChI is InChI=1S/C20H26N4O3/c1-4-23-9-11-24(12-10-23)20(25)15-5-8-19(21-14-15)22-17-7-6-16(26-2)13-18(17)27-3/h5-8,13-14H,4,9-12H2,1-3H3,(H,21,22). The van der Waals surface area contributed by atoms with Crippen molar-refractivity contribution in [1.82, 2.24) is 14.8 Å². The summed E-state index contributed by atoms with van der Waals surface area (Å²) in [5.74, 6) is 2.05. The number of piperazine rings is 1. The molecule has 2 heterocycles. The van der Waals surface area contributed by atoms with E-state index in [9.17, 15) is 4.79 Å². The van der Waals surface area contributed by atoms with Crippen LogP contribution in [0.2, 0.25) is 0 Å². The molecule has 0 saturated carbocycles. The number of nitrogens with one attached hydrogen (secondary N) is 1.